The standard InChI is InChI=1S/C18H26N4OS2/c1-6-21-7-9-22(10-8-21)18(23)13(4)25-17-15-11(2)12(3)24-16(15)19-14(5)20-17/h13H,6-10H2,1-5H3/p+1/t13-/m1/s1. The second-order valence-corrected chi connectivity index (χ2v) is 9.26. The van der Waals surface area contributed by atoms with Crippen molar-refractivity contribution in [2.75, 3.05) is 32.7 Å². The number of carbonyl (C=O) groups is 1. The van der Waals surface area contributed by atoms with Crippen molar-refractivity contribution in [1.29, 1.82) is 0 Å². The number of aryl methyl sites for hydroxylation is 3. The summed E-state index contributed by atoms with van der Waals surface area (Å²) < 4.78 is 0. The Balaban J connectivity index is 1.78. The maximum atomic E-state index is 12.9. The summed E-state index contributed by atoms with van der Waals surface area (Å²) in [6.45, 7) is 15.4. The average molecular weight is 380 g/mol. The van der Waals surface area contributed by atoms with Crippen LogP contribution in [-0.2, 0) is 4.79 Å². The predicted molar refractivity (Wildman–Crippen MR) is 105 cm³/mol. The second kappa shape index (κ2) is 7.60. The minimum Gasteiger partial charge on any atom is -0.332 e. The topological polar surface area (TPSA) is 50.5 Å². The Morgan fingerprint density at radius 1 is 1.28 bits per heavy atom. The van der Waals surface area contributed by atoms with Crippen LogP contribution >= 0.6 is 23.1 Å². The summed E-state index contributed by atoms with van der Waals surface area (Å²) in [5.74, 6) is 1.00. The van der Waals surface area contributed by atoms with Gasteiger partial charge in [0.05, 0.1) is 38.0 Å². The van der Waals surface area contributed by atoms with Gasteiger partial charge in [-0.15, -0.1) is 11.3 Å². The number of carbonyl (C=O) groups excluding carboxylic acids is 1. The van der Waals surface area contributed by atoms with Crippen LogP contribution in [0.3, 0.4) is 0 Å². The number of quaternary nitrogens is 1. The van der Waals surface area contributed by atoms with Crippen LogP contribution in [0.4, 0.5) is 0 Å². The fraction of sp³-hybridized carbons (Fsp3) is 0.611. The number of fused-ring (bicyclic) bond motifs is 1. The number of piperazine rings is 1. The first kappa shape index (κ1) is 18.6. The molecule has 0 aromatic carbocycles. The zero-order valence-corrected chi connectivity index (χ0v) is 17.3. The van der Waals surface area contributed by atoms with Crippen molar-refractivity contribution in [2.24, 2.45) is 0 Å². The Bertz CT molecular complexity index is 781. The van der Waals surface area contributed by atoms with E-state index in [1.165, 1.54) is 10.4 Å². The van der Waals surface area contributed by atoms with Crippen molar-refractivity contribution in [3.8, 4) is 0 Å². The predicted octanol–water partition coefficient (Wildman–Crippen LogP) is 1.84. The van der Waals surface area contributed by atoms with E-state index in [1.54, 1.807) is 28.0 Å². The summed E-state index contributed by atoms with van der Waals surface area (Å²) in [6, 6.07) is 0. The van der Waals surface area contributed by atoms with Gasteiger partial charge in [0.2, 0.25) is 5.91 Å². The van der Waals surface area contributed by atoms with Gasteiger partial charge in [0, 0.05) is 10.3 Å². The van der Waals surface area contributed by atoms with E-state index in [4.69, 9.17) is 0 Å². The first-order chi connectivity index (χ1) is 11.9. The molecule has 0 unspecified atom stereocenters. The zero-order chi connectivity index (χ0) is 18.1. The molecule has 3 rings (SSSR count). The lowest BCUT2D eigenvalue weighted by Gasteiger charge is -2.33. The lowest BCUT2D eigenvalue weighted by molar-refractivity contribution is -0.902. The van der Waals surface area contributed by atoms with Crippen LogP contribution in [0.5, 0.6) is 0 Å². The number of thiophene rings is 1. The molecule has 1 fully saturated rings. The Hall–Kier alpha value is -1.18. The third-order valence-corrected chi connectivity index (χ3v) is 7.20. The maximum absolute atomic E-state index is 12.9. The van der Waals surface area contributed by atoms with Crippen LogP contribution < -0.4 is 4.90 Å². The smallest absolute Gasteiger partial charge is 0.236 e. The van der Waals surface area contributed by atoms with E-state index < -0.39 is 0 Å². The number of nitrogens with one attached hydrogen (secondary N) is 1. The molecule has 0 bridgehead atoms. The van der Waals surface area contributed by atoms with Gasteiger partial charge in [-0.2, -0.15) is 0 Å². The molecule has 1 aliphatic rings. The van der Waals surface area contributed by atoms with Crippen LogP contribution in [0.15, 0.2) is 5.03 Å². The lowest BCUT2D eigenvalue weighted by Crippen LogP contribution is -3.14. The molecule has 1 saturated heterocycles. The number of amides is 1. The second-order valence-electron chi connectivity index (χ2n) is 6.73. The molecule has 1 amide bonds. The van der Waals surface area contributed by atoms with Gasteiger partial charge in [-0.25, -0.2) is 9.97 Å². The number of nitrogens with zero attached hydrogens (tertiary/aromatic N) is 3. The molecule has 0 aliphatic carbocycles. The molecule has 2 aromatic heterocycles. The molecule has 136 valence electrons. The van der Waals surface area contributed by atoms with Gasteiger partial charge in [0.25, 0.3) is 0 Å². The van der Waals surface area contributed by atoms with Gasteiger partial charge in [-0.3, -0.25) is 4.79 Å². The largest absolute Gasteiger partial charge is 0.332 e. The Kier molecular flexibility index (Phi) is 5.65. The van der Waals surface area contributed by atoms with Crippen molar-refractivity contribution in [3.05, 3.63) is 16.3 Å². The summed E-state index contributed by atoms with van der Waals surface area (Å²) in [6.07, 6.45) is 0. The maximum Gasteiger partial charge on any atom is 0.236 e. The molecule has 7 heteroatoms. The molecule has 1 atom stereocenters. The van der Waals surface area contributed by atoms with Crippen LogP contribution in [0.25, 0.3) is 10.2 Å². The van der Waals surface area contributed by atoms with E-state index in [0.717, 1.165) is 53.8 Å². The minimum atomic E-state index is -0.125. The zero-order valence-electron chi connectivity index (χ0n) is 15.7. The molecule has 0 radical (unpaired) electrons. The Morgan fingerprint density at radius 2 is 1.96 bits per heavy atom. The molecule has 0 spiro atoms. The van der Waals surface area contributed by atoms with Gasteiger partial charge in [-0.05, 0) is 40.2 Å². The van der Waals surface area contributed by atoms with Gasteiger partial charge in [0.1, 0.15) is 15.7 Å². The van der Waals surface area contributed by atoms with E-state index in [1.807, 2.05) is 18.7 Å². The highest BCUT2D eigenvalue weighted by atomic mass is 32.2. The van der Waals surface area contributed by atoms with Crippen LogP contribution in [-0.4, -0.2) is 58.7 Å². The highest BCUT2D eigenvalue weighted by Gasteiger charge is 2.28. The monoisotopic (exact) mass is 379 g/mol. The van der Waals surface area contributed by atoms with Crippen molar-refractivity contribution in [2.45, 2.75) is 44.9 Å². The van der Waals surface area contributed by atoms with Gasteiger partial charge >= 0.3 is 0 Å². The summed E-state index contributed by atoms with van der Waals surface area (Å²) in [5, 5.41) is 1.95. The van der Waals surface area contributed by atoms with Crippen molar-refractivity contribution >= 4 is 39.2 Å². The minimum absolute atomic E-state index is 0.125. The van der Waals surface area contributed by atoms with Crippen LogP contribution in [0.1, 0.15) is 30.1 Å². The first-order valence-electron chi connectivity index (χ1n) is 8.94. The molecule has 5 nitrogen and oxygen atoms in total. The molecular formula is C18H27N4OS2+. The van der Waals surface area contributed by atoms with E-state index in [0.29, 0.717) is 0 Å². The van der Waals surface area contributed by atoms with Crippen molar-refractivity contribution in [3.63, 3.8) is 0 Å². The molecule has 1 aliphatic heterocycles. The van der Waals surface area contributed by atoms with Gasteiger partial charge in [-0.1, -0.05) is 11.8 Å². The van der Waals surface area contributed by atoms with E-state index in [9.17, 15) is 4.79 Å². The number of likely N-dealkylation sites (N-methyl/N-ethyl adjacent to an activating group) is 1. The van der Waals surface area contributed by atoms with E-state index in [2.05, 4.69) is 30.7 Å². The molecular weight excluding hydrogens is 352 g/mol. The Morgan fingerprint density at radius 3 is 2.60 bits per heavy atom. The molecule has 25 heavy (non-hydrogen) atoms. The summed E-state index contributed by atoms with van der Waals surface area (Å²) in [7, 11) is 0. The summed E-state index contributed by atoms with van der Waals surface area (Å²) in [5.41, 5.74) is 1.24. The number of thioether (sulfide) groups is 1. The van der Waals surface area contributed by atoms with E-state index >= 15 is 0 Å². The highest BCUT2D eigenvalue weighted by Crippen LogP contribution is 2.36. The van der Waals surface area contributed by atoms with Gasteiger partial charge in [0.15, 0.2) is 0 Å². The number of hydrogen-bond donors (Lipinski definition) is 1. The number of aromatic nitrogens is 2. The van der Waals surface area contributed by atoms with Crippen molar-refractivity contribution < 1.29 is 9.69 Å². The molecule has 0 saturated carbocycles. The highest BCUT2D eigenvalue weighted by molar-refractivity contribution is 8.00. The summed E-state index contributed by atoms with van der Waals surface area (Å²) in [4.78, 5) is 28.0. The lowest BCUT2D eigenvalue weighted by atomic mass is 10.2. The van der Waals surface area contributed by atoms with Crippen LogP contribution in [0, 0.1) is 20.8 Å². The number of rotatable bonds is 4. The summed E-state index contributed by atoms with van der Waals surface area (Å²) >= 11 is 3.29. The molecule has 2 aromatic rings. The molecule has 3 heterocycles. The van der Waals surface area contributed by atoms with Crippen molar-refractivity contribution in [1.82, 2.24) is 14.9 Å². The molecule has 1 N–H and O–H groups in total. The fourth-order valence-corrected chi connectivity index (χ4v) is 5.55. The third kappa shape index (κ3) is 3.83. The number of hydrogen-bond acceptors (Lipinski definition) is 5. The van der Waals surface area contributed by atoms with Gasteiger partial charge < -0.3 is 9.80 Å². The normalized spacial score (nSPS) is 17.2. The van der Waals surface area contributed by atoms with E-state index in [-0.39, 0.29) is 11.2 Å². The fourth-order valence-electron chi connectivity index (χ4n) is 3.27. The van der Waals surface area contributed by atoms with Crippen LogP contribution in [0.2, 0.25) is 0 Å². The SMILES string of the molecule is CC[NH+]1CCN(C(=O)[C@@H](C)Sc2nc(C)nc3sc(C)c(C)c23)CC1. The Labute approximate surface area is 157 Å². The third-order valence-electron chi connectivity index (χ3n) is 5.03. The first-order valence-corrected chi connectivity index (χ1v) is 10.6. The quantitative estimate of drug-likeness (QED) is 0.651. The average Bonchev–Trinajstić information content (AvgIpc) is 2.88.